The van der Waals surface area contributed by atoms with Crippen LogP contribution in [-0.4, -0.2) is 25.2 Å². The first-order chi connectivity index (χ1) is 10.7. The molecule has 0 saturated carbocycles. The first-order valence-corrected chi connectivity index (χ1v) is 8.03. The zero-order chi connectivity index (χ0) is 17.5. The molecule has 0 aliphatic carbocycles. The third-order valence-corrected chi connectivity index (χ3v) is 3.32. The van der Waals surface area contributed by atoms with Crippen molar-refractivity contribution < 1.29 is 26.8 Å². The van der Waals surface area contributed by atoms with E-state index in [2.05, 4.69) is 21.8 Å². The molecule has 0 amide bonds. The number of phenols is 1. The first-order valence-electron chi connectivity index (χ1n) is 6.70. The van der Waals surface area contributed by atoms with E-state index in [4.69, 9.17) is 0 Å². The molecule has 7 nitrogen and oxygen atoms in total. The van der Waals surface area contributed by atoms with Gasteiger partial charge in [0.15, 0.2) is 12.4 Å². The minimum absolute atomic E-state index is 0.327. The molecule has 23 heavy (non-hydrogen) atoms. The van der Waals surface area contributed by atoms with Crippen LogP contribution in [-0.2, 0) is 28.2 Å². The second-order valence-corrected chi connectivity index (χ2v) is 5.96. The van der Waals surface area contributed by atoms with Gasteiger partial charge in [0, 0.05) is 29.9 Å². The predicted molar refractivity (Wildman–Crippen MR) is 84.5 cm³/mol. The monoisotopic (exact) mass is 340 g/mol. The molecule has 0 aliphatic rings. The quantitative estimate of drug-likeness (QED) is 0.493. The third kappa shape index (κ3) is 7.59. The first kappa shape index (κ1) is 18.9. The van der Waals surface area contributed by atoms with E-state index in [0.717, 1.165) is 24.9 Å². The van der Waals surface area contributed by atoms with E-state index in [1.807, 2.05) is 42.9 Å². The van der Waals surface area contributed by atoms with Crippen molar-refractivity contribution in [2.24, 2.45) is 7.05 Å². The predicted octanol–water partition coefficient (Wildman–Crippen LogP) is 1.23. The Bertz CT molecular complexity index is 747. The summed E-state index contributed by atoms with van der Waals surface area (Å²) in [5.41, 5.74) is 3.02. The lowest BCUT2D eigenvalue weighted by atomic mass is 10.2. The number of benzene rings is 1. The summed E-state index contributed by atoms with van der Waals surface area (Å²) in [5, 5.41) is 12.9. The fraction of sp³-hybridized carbons (Fsp3) is 0.267. The zero-order valence-corrected chi connectivity index (χ0v) is 14.0. The van der Waals surface area contributed by atoms with Gasteiger partial charge in [0.25, 0.3) is 0 Å². The van der Waals surface area contributed by atoms with Crippen molar-refractivity contribution >= 4 is 16.1 Å². The van der Waals surface area contributed by atoms with Gasteiger partial charge in [0.2, 0.25) is 10.4 Å². The smallest absolute Gasteiger partial charge is 0.217 e. The van der Waals surface area contributed by atoms with E-state index in [-0.39, 0.29) is 0 Å². The number of phenolic OH excluding ortho intramolecular Hbond substituents is 1. The van der Waals surface area contributed by atoms with Crippen molar-refractivity contribution in [2.75, 3.05) is 12.4 Å². The van der Waals surface area contributed by atoms with Gasteiger partial charge < -0.3 is 15.0 Å². The van der Waals surface area contributed by atoms with Gasteiger partial charge in [-0.1, -0.05) is 6.07 Å². The molecule has 2 rings (SSSR count). The van der Waals surface area contributed by atoms with E-state index < -0.39 is 10.4 Å². The molecule has 2 aromatic rings. The van der Waals surface area contributed by atoms with Gasteiger partial charge in [-0.2, -0.15) is 0 Å². The molecular weight excluding hydrogens is 320 g/mol. The summed E-state index contributed by atoms with van der Waals surface area (Å²) in [4.78, 5) is 0. The van der Waals surface area contributed by atoms with Gasteiger partial charge in [-0.05, 0) is 24.6 Å². The number of anilines is 1. The average molecular weight is 340 g/mol. The molecule has 0 bridgehead atoms. The van der Waals surface area contributed by atoms with Crippen LogP contribution in [0.3, 0.4) is 0 Å². The van der Waals surface area contributed by atoms with E-state index in [0.29, 0.717) is 5.75 Å². The summed E-state index contributed by atoms with van der Waals surface area (Å²) in [5.74, 6) is 0.327. The number of hydrogen-bond donors (Lipinski definition) is 2. The van der Waals surface area contributed by atoms with Crippen LogP contribution in [0.2, 0.25) is 0 Å². The highest BCUT2D eigenvalue weighted by molar-refractivity contribution is 7.80. The molecule has 0 atom stereocenters. The van der Waals surface area contributed by atoms with Crippen LogP contribution < -0.4 is 9.88 Å². The molecule has 0 aliphatic heterocycles. The van der Waals surface area contributed by atoms with Gasteiger partial charge >= 0.3 is 0 Å². The Morgan fingerprint density at radius 2 is 2.00 bits per heavy atom. The molecule has 1 aromatic heterocycles. The number of aromatic hydroxyl groups is 1. The maximum absolute atomic E-state index is 9.60. The molecule has 8 heteroatoms. The molecule has 126 valence electrons. The number of aromatic nitrogens is 1. The minimum Gasteiger partial charge on any atom is -0.726 e. The number of hydrogen-bond acceptors (Lipinski definition) is 6. The second kappa shape index (κ2) is 8.47. The largest absolute Gasteiger partial charge is 0.726 e. The van der Waals surface area contributed by atoms with Crippen LogP contribution >= 0.6 is 0 Å². The highest BCUT2D eigenvalue weighted by atomic mass is 32.3. The van der Waals surface area contributed by atoms with Crippen molar-refractivity contribution in [1.29, 1.82) is 0 Å². The van der Waals surface area contributed by atoms with Gasteiger partial charge in [-0.3, -0.25) is 4.18 Å². The fourth-order valence-electron chi connectivity index (χ4n) is 1.68. The molecule has 0 radical (unpaired) electrons. The van der Waals surface area contributed by atoms with Crippen molar-refractivity contribution in [1.82, 2.24) is 0 Å². The van der Waals surface area contributed by atoms with E-state index in [1.54, 1.807) is 6.07 Å². The fourth-order valence-corrected chi connectivity index (χ4v) is 1.68. The van der Waals surface area contributed by atoms with E-state index in [1.165, 1.54) is 5.56 Å². The normalized spacial score (nSPS) is 10.6. The third-order valence-electron chi connectivity index (χ3n) is 2.91. The number of aryl methyl sites for hydroxylation is 2. The Kier molecular flexibility index (Phi) is 6.95. The SMILES string of the molecule is COS(=O)(=O)[O-].Cc1ccc(NCc2ccc[n+](C)c2)cc1O. The maximum atomic E-state index is 9.60. The Labute approximate surface area is 136 Å². The molecule has 0 spiro atoms. The van der Waals surface area contributed by atoms with Gasteiger partial charge in [0.1, 0.15) is 12.8 Å². The van der Waals surface area contributed by atoms with Crippen molar-refractivity contribution in [3.8, 4) is 5.75 Å². The van der Waals surface area contributed by atoms with Gasteiger partial charge in [-0.15, -0.1) is 0 Å². The van der Waals surface area contributed by atoms with E-state index in [9.17, 15) is 18.1 Å². The Morgan fingerprint density at radius 3 is 2.52 bits per heavy atom. The topological polar surface area (TPSA) is 103 Å². The van der Waals surface area contributed by atoms with Crippen molar-refractivity contribution in [3.63, 3.8) is 0 Å². The highest BCUT2D eigenvalue weighted by Gasteiger charge is 2.00. The molecule has 0 saturated heterocycles. The van der Waals surface area contributed by atoms with Crippen LogP contribution in [0, 0.1) is 6.92 Å². The lowest BCUT2D eigenvalue weighted by Crippen LogP contribution is -2.27. The molecule has 0 fully saturated rings. The van der Waals surface area contributed by atoms with E-state index >= 15 is 0 Å². The van der Waals surface area contributed by atoms with Crippen molar-refractivity contribution in [3.05, 3.63) is 53.9 Å². The van der Waals surface area contributed by atoms with Crippen molar-refractivity contribution in [2.45, 2.75) is 13.5 Å². The number of pyridine rings is 1. The molecule has 2 N–H and O–H groups in total. The van der Waals surface area contributed by atoms with Crippen LogP contribution in [0.15, 0.2) is 42.7 Å². The van der Waals surface area contributed by atoms with Crippen LogP contribution in [0.25, 0.3) is 0 Å². The lowest BCUT2D eigenvalue weighted by Gasteiger charge is -2.07. The second-order valence-electron chi connectivity index (χ2n) is 4.81. The van der Waals surface area contributed by atoms with Crippen LogP contribution in [0.5, 0.6) is 5.75 Å². The highest BCUT2D eigenvalue weighted by Crippen LogP contribution is 2.21. The van der Waals surface area contributed by atoms with Crippen LogP contribution in [0.4, 0.5) is 5.69 Å². The minimum atomic E-state index is -4.41. The molecule has 1 heterocycles. The number of nitrogens with zero attached hydrogens (tertiary/aromatic N) is 1. The van der Waals surface area contributed by atoms with Gasteiger partial charge in [0.05, 0.1) is 7.11 Å². The zero-order valence-electron chi connectivity index (χ0n) is 13.2. The summed E-state index contributed by atoms with van der Waals surface area (Å²) in [7, 11) is -1.60. The molecular formula is C15H20N2O5S. The van der Waals surface area contributed by atoms with Gasteiger partial charge in [-0.25, -0.2) is 13.0 Å². The maximum Gasteiger partial charge on any atom is 0.217 e. The summed E-state index contributed by atoms with van der Waals surface area (Å²) in [6.45, 7) is 2.63. The molecule has 1 aromatic carbocycles. The molecule has 0 unspecified atom stereocenters. The summed E-state index contributed by atoms with van der Waals surface area (Å²) in [6, 6.07) is 9.71. The summed E-state index contributed by atoms with van der Waals surface area (Å²) in [6.07, 6.45) is 4.07. The summed E-state index contributed by atoms with van der Waals surface area (Å²) >= 11 is 0. The average Bonchev–Trinajstić information content (AvgIpc) is 2.48. The number of nitrogens with one attached hydrogen (secondary N) is 1. The lowest BCUT2D eigenvalue weighted by molar-refractivity contribution is -0.671. The Balaban J connectivity index is 0.000000379. The Morgan fingerprint density at radius 1 is 1.35 bits per heavy atom. The summed E-state index contributed by atoms with van der Waals surface area (Å²) < 4.78 is 33.0. The van der Waals surface area contributed by atoms with Crippen LogP contribution in [0.1, 0.15) is 11.1 Å². The number of rotatable bonds is 4. The standard InChI is InChI=1S/C14H16N2O.CH4O4S/c1-11-5-6-13(8-14(11)17)15-9-12-4-3-7-16(2)10-12;1-5-6(2,3)4/h3-8,10,15H,9H2,1-2H3;1H3,(H,2,3,4). The Hall–Kier alpha value is -2.16.